The van der Waals surface area contributed by atoms with Crippen LogP contribution in [0.25, 0.3) is 142 Å². The highest BCUT2D eigenvalue weighted by molar-refractivity contribution is 6.32. The van der Waals surface area contributed by atoms with Gasteiger partial charge in [0.1, 0.15) is 0 Å². The number of aromatic nitrogens is 2. The standard InChI is InChI=1S/C60H34N2/c1-2-15-36(16-3-1)39-18-6-7-21-42(39)58-50-32-48-46-25-13-23-44-40-19-8-10-26-53(40)61(60(44)46)55(48)33-51(50)57(38-29-28-35-14-4-5-17-37(35)30-38)49-31-47-45-24-12-22-43-41-20-9-11-27-54(41)62(59(43)45)56(47)34-52(49)58/h1-34H. The normalized spacial score (nSPS) is 12.5. The lowest BCUT2D eigenvalue weighted by molar-refractivity contribution is 1.37. The molecule has 11 aromatic carbocycles. The van der Waals surface area contributed by atoms with Crippen LogP contribution < -0.4 is 0 Å². The molecule has 0 aliphatic heterocycles. The predicted molar refractivity (Wildman–Crippen MR) is 265 cm³/mol. The van der Waals surface area contributed by atoms with Crippen molar-refractivity contribution in [1.82, 2.24) is 8.80 Å². The quantitative estimate of drug-likeness (QED) is 0.158. The van der Waals surface area contributed by atoms with Crippen LogP contribution in [0.3, 0.4) is 0 Å². The SMILES string of the molecule is c1ccc(-c2ccccc2-c2c3cc4c5cccc6c7ccccc7n(c4cc3c(-c3ccc4ccccc4c3)c3cc4c7cccc8c9ccccc9n(c4cc23)c87)c65)cc1. The Bertz CT molecular complexity index is 4370. The lowest BCUT2D eigenvalue weighted by Crippen LogP contribution is -1.94. The molecule has 15 rings (SSSR count). The number of rotatable bonds is 3. The molecular formula is C60H34N2. The maximum Gasteiger partial charge on any atom is 0.0620 e. The molecule has 2 nitrogen and oxygen atoms in total. The maximum atomic E-state index is 2.54. The number of para-hydroxylation sites is 4. The molecule has 284 valence electrons. The van der Waals surface area contributed by atoms with E-state index in [2.05, 4.69) is 215 Å². The Kier molecular flexibility index (Phi) is 6.18. The molecule has 0 spiro atoms. The van der Waals surface area contributed by atoms with Gasteiger partial charge in [0, 0.05) is 43.1 Å². The second-order valence-corrected chi connectivity index (χ2v) is 17.2. The van der Waals surface area contributed by atoms with Gasteiger partial charge in [-0.1, -0.05) is 164 Å². The smallest absolute Gasteiger partial charge is 0.0620 e. The zero-order chi connectivity index (χ0) is 40.2. The molecule has 0 aliphatic carbocycles. The van der Waals surface area contributed by atoms with Gasteiger partial charge in [0.25, 0.3) is 0 Å². The van der Waals surface area contributed by atoms with Crippen molar-refractivity contribution in [3.63, 3.8) is 0 Å². The van der Waals surface area contributed by atoms with Crippen LogP contribution in [0.5, 0.6) is 0 Å². The van der Waals surface area contributed by atoms with E-state index in [-0.39, 0.29) is 0 Å². The molecule has 2 heteroatoms. The van der Waals surface area contributed by atoms with Crippen molar-refractivity contribution in [1.29, 1.82) is 0 Å². The van der Waals surface area contributed by atoms with Gasteiger partial charge in [-0.25, -0.2) is 0 Å². The molecule has 0 saturated carbocycles. The molecule has 15 aromatic rings. The highest BCUT2D eigenvalue weighted by Gasteiger charge is 2.26. The van der Waals surface area contributed by atoms with Crippen molar-refractivity contribution in [2.24, 2.45) is 0 Å². The van der Waals surface area contributed by atoms with Gasteiger partial charge in [0.15, 0.2) is 0 Å². The van der Waals surface area contributed by atoms with Gasteiger partial charge < -0.3 is 8.80 Å². The van der Waals surface area contributed by atoms with Crippen LogP contribution in [-0.4, -0.2) is 8.80 Å². The first-order chi connectivity index (χ1) is 30.8. The van der Waals surface area contributed by atoms with Crippen molar-refractivity contribution in [3.8, 4) is 33.4 Å². The molecule has 0 atom stereocenters. The number of fused-ring (bicyclic) bond motifs is 15. The summed E-state index contributed by atoms with van der Waals surface area (Å²) in [4.78, 5) is 0. The first-order valence-corrected chi connectivity index (χ1v) is 21.6. The van der Waals surface area contributed by atoms with Crippen molar-refractivity contribution >= 4 is 109 Å². The number of hydrogen-bond acceptors (Lipinski definition) is 0. The summed E-state index contributed by atoms with van der Waals surface area (Å²) < 4.78 is 5.06. The first kappa shape index (κ1) is 32.6. The Morgan fingerprint density at radius 1 is 0.226 bits per heavy atom. The lowest BCUT2D eigenvalue weighted by atomic mass is 9.82. The van der Waals surface area contributed by atoms with E-state index in [1.165, 1.54) is 142 Å². The van der Waals surface area contributed by atoms with Gasteiger partial charge in [-0.3, -0.25) is 0 Å². The third kappa shape index (κ3) is 4.09. The molecule has 0 unspecified atom stereocenters. The predicted octanol–water partition coefficient (Wildman–Crippen LogP) is 16.4. The Morgan fingerprint density at radius 3 is 1.34 bits per heavy atom. The Labute approximate surface area is 355 Å². The number of hydrogen-bond donors (Lipinski definition) is 0. The van der Waals surface area contributed by atoms with E-state index < -0.39 is 0 Å². The fourth-order valence-corrected chi connectivity index (χ4v) is 11.6. The van der Waals surface area contributed by atoms with Gasteiger partial charge in [-0.05, 0) is 108 Å². The molecule has 0 amide bonds. The minimum atomic E-state index is 1.21. The van der Waals surface area contributed by atoms with E-state index in [9.17, 15) is 0 Å². The molecule has 4 aromatic heterocycles. The van der Waals surface area contributed by atoms with Crippen LogP contribution in [-0.2, 0) is 0 Å². The van der Waals surface area contributed by atoms with Crippen LogP contribution in [0.1, 0.15) is 0 Å². The zero-order valence-electron chi connectivity index (χ0n) is 33.5. The van der Waals surface area contributed by atoms with Crippen molar-refractivity contribution in [3.05, 3.63) is 206 Å². The third-order valence-corrected chi connectivity index (χ3v) is 14.1. The van der Waals surface area contributed by atoms with Crippen LogP contribution in [0.2, 0.25) is 0 Å². The van der Waals surface area contributed by atoms with Crippen LogP contribution >= 0.6 is 0 Å². The average molecular weight is 783 g/mol. The molecule has 0 bridgehead atoms. The van der Waals surface area contributed by atoms with Crippen molar-refractivity contribution < 1.29 is 0 Å². The highest BCUT2D eigenvalue weighted by Crippen LogP contribution is 2.51. The molecule has 0 radical (unpaired) electrons. The lowest BCUT2D eigenvalue weighted by Gasteiger charge is -2.21. The van der Waals surface area contributed by atoms with E-state index in [0.29, 0.717) is 0 Å². The average Bonchev–Trinajstić information content (AvgIpc) is 4.06. The zero-order valence-corrected chi connectivity index (χ0v) is 33.5. The molecule has 0 aliphatic rings. The van der Waals surface area contributed by atoms with Crippen molar-refractivity contribution in [2.75, 3.05) is 0 Å². The van der Waals surface area contributed by atoms with Crippen LogP contribution in [0.15, 0.2) is 206 Å². The van der Waals surface area contributed by atoms with Gasteiger partial charge in [0.05, 0.1) is 33.1 Å². The van der Waals surface area contributed by atoms with E-state index in [1.54, 1.807) is 0 Å². The summed E-state index contributed by atoms with van der Waals surface area (Å²) in [6, 6.07) is 77.5. The van der Waals surface area contributed by atoms with Crippen LogP contribution in [0.4, 0.5) is 0 Å². The Hall–Kier alpha value is -8.20. The summed E-state index contributed by atoms with van der Waals surface area (Å²) in [6.07, 6.45) is 0. The van der Waals surface area contributed by atoms with Crippen LogP contribution in [0, 0.1) is 0 Å². The molecule has 0 saturated heterocycles. The molecule has 62 heavy (non-hydrogen) atoms. The van der Waals surface area contributed by atoms with E-state index in [0.717, 1.165) is 0 Å². The summed E-state index contributed by atoms with van der Waals surface area (Å²) in [7, 11) is 0. The first-order valence-electron chi connectivity index (χ1n) is 21.6. The Balaban J connectivity index is 1.22. The van der Waals surface area contributed by atoms with E-state index in [4.69, 9.17) is 0 Å². The minimum absolute atomic E-state index is 1.21. The van der Waals surface area contributed by atoms with Gasteiger partial charge >= 0.3 is 0 Å². The maximum absolute atomic E-state index is 2.54. The van der Waals surface area contributed by atoms with Gasteiger partial charge in [-0.15, -0.1) is 0 Å². The fourth-order valence-electron chi connectivity index (χ4n) is 11.6. The summed E-state index contributed by atoms with van der Waals surface area (Å²) in [5.74, 6) is 0. The third-order valence-electron chi connectivity index (χ3n) is 14.1. The molecule has 0 N–H and O–H groups in total. The van der Waals surface area contributed by atoms with Crippen molar-refractivity contribution in [2.45, 2.75) is 0 Å². The van der Waals surface area contributed by atoms with Gasteiger partial charge in [-0.2, -0.15) is 0 Å². The monoisotopic (exact) mass is 782 g/mol. The molecule has 4 heterocycles. The van der Waals surface area contributed by atoms with E-state index in [1.807, 2.05) is 0 Å². The summed E-state index contributed by atoms with van der Waals surface area (Å²) in [6.45, 7) is 0. The van der Waals surface area contributed by atoms with E-state index >= 15 is 0 Å². The largest absolute Gasteiger partial charge is 0.308 e. The second-order valence-electron chi connectivity index (χ2n) is 17.2. The topological polar surface area (TPSA) is 8.82 Å². The summed E-state index contributed by atoms with van der Waals surface area (Å²) in [5.41, 5.74) is 15.0. The fraction of sp³-hybridized carbons (Fsp3) is 0. The Morgan fingerprint density at radius 2 is 0.694 bits per heavy atom. The second kappa shape index (κ2) is 11.8. The molecular weight excluding hydrogens is 749 g/mol. The highest BCUT2D eigenvalue weighted by atomic mass is 14.9. The van der Waals surface area contributed by atoms with Gasteiger partial charge in [0.2, 0.25) is 0 Å². The molecule has 0 fully saturated rings. The summed E-state index contributed by atoms with van der Waals surface area (Å²) in [5, 5.41) is 17.8. The minimum Gasteiger partial charge on any atom is -0.308 e. The number of nitrogens with zero attached hydrogens (tertiary/aromatic N) is 2. The number of benzene rings is 11. The summed E-state index contributed by atoms with van der Waals surface area (Å²) >= 11 is 0.